The maximum Gasteiger partial charge on any atom is 0.137 e. The second kappa shape index (κ2) is 8.88. The van der Waals surface area contributed by atoms with Crippen LogP contribution in [0.1, 0.15) is 12.5 Å². The SMILES string of the molecule is C=C/C=C\C=C(/C)COc1ccc(CC(N)C=O)cc1. The van der Waals surface area contributed by atoms with Crippen LogP contribution in [0, 0.1) is 0 Å². The molecule has 0 heterocycles. The number of carbonyl (C=O) groups is 1. The molecule has 106 valence electrons. The highest BCUT2D eigenvalue weighted by Crippen LogP contribution is 2.14. The van der Waals surface area contributed by atoms with Gasteiger partial charge in [-0.1, -0.05) is 43.0 Å². The summed E-state index contributed by atoms with van der Waals surface area (Å²) in [7, 11) is 0. The number of benzene rings is 1. The van der Waals surface area contributed by atoms with Gasteiger partial charge in [0.15, 0.2) is 0 Å². The van der Waals surface area contributed by atoms with Crippen molar-refractivity contribution in [2.45, 2.75) is 19.4 Å². The minimum atomic E-state index is -0.441. The number of allylic oxidation sites excluding steroid dienone is 4. The van der Waals surface area contributed by atoms with Gasteiger partial charge in [-0.3, -0.25) is 0 Å². The van der Waals surface area contributed by atoms with Crippen LogP contribution in [0.5, 0.6) is 5.75 Å². The van der Waals surface area contributed by atoms with Crippen molar-refractivity contribution in [1.82, 2.24) is 0 Å². The van der Waals surface area contributed by atoms with Crippen molar-refractivity contribution in [1.29, 1.82) is 0 Å². The van der Waals surface area contributed by atoms with Gasteiger partial charge in [0.2, 0.25) is 0 Å². The Morgan fingerprint density at radius 1 is 1.35 bits per heavy atom. The summed E-state index contributed by atoms with van der Waals surface area (Å²) in [5.41, 5.74) is 7.73. The number of hydrogen-bond donors (Lipinski definition) is 1. The molecule has 0 saturated heterocycles. The van der Waals surface area contributed by atoms with Gasteiger partial charge in [0.25, 0.3) is 0 Å². The van der Waals surface area contributed by atoms with E-state index in [9.17, 15) is 4.79 Å². The van der Waals surface area contributed by atoms with Crippen molar-refractivity contribution >= 4 is 6.29 Å². The van der Waals surface area contributed by atoms with E-state index in [1.165, 1.54) is 0 Å². The first kappa shape index (κ1) is 15.9. The largest absolute Gasteiger partial charge is 0.489 e. The Hall–Kier alpha value is -2.13. The minimum Gasteiger partial charge on any atom is -0.489 e. The van der Waals surface area contributed by atoms with E-state index < -0.39 is 6.04 Å². The maximum absolute atomic E-state index is 10.5. The first-order chi connectivity index (χ1) is 9.65. The fourth-order valence-electron chi connectivity index (χ4n) is 1.59. The predicted molar refractivity (Wildman–Crippen MR) is 82.8 cm³/mol. The maximum atomic E-state index is 10.5. The Kier molecular flexibility index (Phi) is 7.07. The Balaban J connectivity index is 2.49. The van der Waals surface area contributed by atoms with Gasteiger partial charge in [-0.05, 0) is 36.6 Å². The molecule has 2 N–H and O–H groups in total. The van der Waals surface area contributed by atoms with Crippen LogP contribution in [0.4, 0.5) is 0 Å². The molecular weight excluding hydrogens is 250 g/mol. The molecule has 0 bridgehead atoms. The quantitative estimate of drug-likeness (QED) is 0.584. The Morgan fingerprint density at radius 2 is 2.05 bits per heavy atom. The lowest BCUT2D eigenvalue weighted by atomic mass is 10.1. The summed E-state index contributed by atoms with van der Waals surface area (Å²) in [6.45, 7) is 6.15. The van der Waals surface area contributed by atoms with Gasteiger partial charge in [-0.25, -0.2) is 0 Å². The molecule has 0 aliphatic heterocycles. The van der Waals surface area contributed by atoms with Gasteiger partial charge in [-0.2, -0.15) is 0 Å². The molecule has 3 nitrogen and oxygen atoms in total. The van der Waals surface area contributed by atoms with Crippen molar-refractivity contribution in [3.63, 3.8) is 0 Å². The molecule has 0 aromatic heterocycles. The van der Waals surface area contributed by atoms with Crippen molar-refractivity contribution < 1.29 is 9.53 Å². The normalized spacial score (nSPS) is 13.2. The Morgan fingerprint density at radius 3 is 2.65 bits per heavy atom. The highest BCUT2D eigenvalue weighted by Gasteiger charge is 2.02. The van der Waals surface area contributed by atoms with Crippen LogP contribution in [0.2, 0.25) is 0 Å². The average Bonchev–Trinajstić information content (AvgIpc) is 2.46. The fraction of sp³-hybridized carbons (Fsp3) is 0.235. The summed E-state index contributed by atoms with van der Waals surface area (Å²) < 4.78 is 5.66. The second-order valence-corrected chi connectivity index (χ2v) is 4.57. The molecule has 0 spiro atoms. The second-order valence-electron chi connectivity index (χ2n) is 4.57. The molecule has 0 radical (unpaired) electrons. The Labute approximate surface area is 120 Å². The van der Waals surface area contributed by atoms with Crippen LogP contribution >= 0.6 is 0 Å². The van der Waals surface area contributed by atoms with Crippen LogP contribution in [0.15, 0.2) is 60.7 Å². The van der Waals surface area contributed by atoms with Crippen LogP contribution in [0.25, 0.3) is 0 Å². The number of ether oxygens (including phenoxy) is 1. The van der Waals surface area contributed by atoms with E-state index in [2.05, 4.69) is 6.58 Å². The van der Waals surface area contributed by atoms with E-state index in [1.807, 2.05) is 49.4 Å². The van der Waals surface area contributed by atoms with E-state index in [1.54, 1.807) is 6.08 Å². The summed E-state index contributed by atoms with van der Waals surface area (Å²) in [6, 6.07) is 7.19. The van der Waals surface area contributed by atoms with Gasteiger partial charge in [0.1, 0.15) is 18.6 Å². The van der Waals surface area contributed by atoms with E-state index in [0.717, 1.165) is 23.2 Å². The van der Waals surface area contributed by atoms with Crippen molar-refractivity contribution in [3.8, 4) is 5.75 Å². The van der Waals surface area contributed by atoms with Gasteiger partial charge >= 0.3 is 0 Å². The van der Waals surface area contributed by atoms with Gasteiger partial charge in [0, 0.05) is 0 Å². The van der Waals surface area contributed by atoms with Crippen molar-refractivity contribution in [2.75, 3.05) is 6.61 Å². The summed E-state index contributed by atoms with van der Waals surface area (Å²) in [4.78, 5) is 10.5. The van der Waals surface area contributed by atoms with E-state index >= 15 is 0 Å². The van der Waals surface area contributed by atoms with Gasteiger partial charge in [0.05, 0.1) is 6.04 Å². The lowest BCUT2D eigenvalue weighted by Crippen LogP contribution is -2.23. The molecular formula is C17H21NO2. The molecule has 0 fully saturated rings. The lowest BCUT2D eigenvalue weighted by Gasteiger charge is -2.08. The molecule has 0 aliphatic rings. The number of hydrogen-bond acceptors (Lipinski definition) is 3. The van der Waals surface area contributed by atoms with Crippen LogP contribution < -0.4 is 10.5 Å². The monoisotopic (exact) mass is 271 g/mol. The number of rotatable bonds is 8. The van der Waals surface area contributed by atoms with Crippen LogP contribution in [0.3, 0.4) is 0 Å². The minimum absolute atomic E-state index is 0.441. The summed E-state index contributed by atoms with van der Waals surface area (Å²) in [5, 5.41) is 0. The fourth-order valence-corrected chi connectivity index (χ4v) is 1.59. The zero-order valence-corrected chi connectivity index (χ0v) is 11.8. The molecule has 1 rings (SSSR count). The highest BCUT2D eigenvalue weighted by molar-refractivity contribution is 5.57. The molecule has 1 atom stereocenters. The summed E-state index contributed by atoms with van der Waals surface area (Å²) in [6.07, 6.45) is 8.82. The van der Waals surface area contributed by atoms with E-state index in [-0.39, 0.29) is 0 Å². The lowest BCUT2D eigenvalue weighted by molar-refractivity contribution is -0.108. The van der Waals surface area contributed by atoms with Crippen molar-refractivity contribution in [2.24, 2.45) is 5.73 Å². The number of aldehydes is 1. The van der Waals surface area contributed by atoms with Crippen LogP contribution in [-0.4, -0.2) is 18.9 Å². The summed E-state index contributed by atoms with van der Waals surface area (Å²) >= 11 is 0. The third-order valence-electron chi connectivity index (χ3n) is 2.66. The van der Waals surface area contributed by atoms with E-state index in [4.69, 9.17) is 10.5 Å². The van der Waals surface area contributed by atoms with Gasteiger partial charge in [-0.15, -0.1) is 0 Å². The highest BCUT2D eigenvalue weighted by atomic mass is 16.5. The smallest absolute Gasteiger partial charge is 0.137 e. The van der Waals surface area contributed by atoms with Crippen molar-refractivity contribution in [3.05, 3.63) is 66.3 Å². The third kappa shape index (κ3) is 6.16. The molecule has 0 amide bonds. The number of nitrogens with two attached hydrogens (primary N) is 1. The first-order valence-electron chi connectivity index (χ1n) is 6.53. The molecule has 0 saturated carbocycles. The zero-order chi connectivity index (χ0) is 14.8. The molecule has 1 aromatic rings. The molecule has 1 unspecified atom stereocenters. The summed E-state index contributed by atoms with van der Waals surface area (Å²) in [5.74, 6) is 0.800. The molecule has 0 aliphatic carbocycles. The van der Waals surface area contributed by atoms with Crippen LogP contribution in [-0.2, 0) is 11.2 Å². The standard InChI is InChI=1S/C17H21NO2/c1-3-4-5-6-14(2)13-20-17-9-7-15(8-10-17)11-16(18)12-19/h3-10,12,16H,1,11,13,18H2,2H3/b5-4-,14-6+. The van der Waals surface area contributed by atoms with E-state index in [0.29, 0.717) is 13.0 Å². The average molecular weight is 271 g/mol. The topological polar surface area (TPSA) is 52.3 Å². The third-order valence-corrected chi connectivity index (χ3v) is 2.66. The zero-order valence-electron chi connectivity index (χ0n) is 11.8. The first-order valence-corrected chi connectivity index (χ1v) is 6.53. The Bertz CT molecular complexity index is 486. The molecule has 20 heavy (non-hydrogen) atoms. The predicted octanol–water partition coefficient (Wildman–Crippen LogP) is 2.82. The molecule has 1 aromatic carbocycles. The van der Waals surface area contributed by atoms with Gasteiger partial charge < -0.3 is 15.3 Å². The molecule has 3 heteroatoms. The number of carbonyl (C=O) groups excluding carboxylic acids is 1.